The molecule has 1 aromatic carbocycles. The Labute approximate surface area is 177 Å². The highest BCUT2D eigenvalue weighted by Gasteiger charge is 2.32. The number of halogens is 1. The molecule has 0 aliphatic carbocycles. The number of rotatable bonds is 6. The van der Waals surface area contributed by atoms with E-state index in [1.807, 2.05) is 0 Å². The number of carboxylic acids is 1. The number of benzene rings is 1. The topological polar surface area (TPSA) is 77.9 Å². The van der Waals surface area contributed by atoms with Gasteiger partial charge in [0.15, 0.2) is 0 Å². The predicted octanol–water partition coefficient (Wildman–Crippen LogP) is 3.13. The average Bonchev–Trinajstić information content (AvgIpc) is 2.97. The van der Waals surface area contributed by atoms with Gasteiger partial charge >= 0.3 is 5.97 Å². The molecule has 0 atom stereocenters. The molecule has 0 bridgehead atoms. The maximum Gasteiger partial charge on any atom is 0.306 e. The summed E-state index contributed by atoms with van der Waals surface area (Å²) in [5.74, 6) is -1.92. The molecule has 2 fully saturated rings. The third-order valence-corrected chi connectivity index (χ3v) is 6.41. The minimum absolute atomic E-state index is 0.0406. The normalized spacial score (nSPS) is 19.3. The molecule has 2 aliphatic heterocycles. The Morgan fingerprint density at radius 1 is 1.28 bits per heavy atom. The molecular formula is C20H21FN2O4S2. The molecule has 0 aromatic heterocycles. The number of piperidine rings is 1. The third-order valence-electron chi connectivity index (χ3n) is 5.03. The van der Waals surface area contributed by atoms with Gasteiger partial charge in [-0.3, -0.25) is 19.3 Å². The minimum Gasteiger partial charge on any atom is -0.481 e. The summed E-state index contributed by atoms with van der Waals surface area (Å²) in [5, 5.41) is 9.02. The molecule has 29 heavy (non-hydrogen) atoms. The van der Waals surface area contributed by atoms with Crippen molar-refractivity contribution in [1.29, 1.82) is 0 Å². The predicted molar refractivity (Wildman–Crippen MR) is 112 cm³/mol. The molecule has 2 aliphatic rings. The van der Waals surface area contributed by atoms with Crippen molar-refractivity contribution < 1.29 is 23.9 Å². The number of hydrogen-bond acceptors (Lipinski definition) is 5. The van der Waals surface area contributed by atoms with E-state index in [1.165, 1.54) is 17.0 Å². The van der Waals surface area contributed by atoms with Crippen molar-refractivity contribution in [2.75, 3.05) is 19.6 Å². The van der Waals surface area contributed by atoms with Crippen molar-refractivity contribution in [3.8, 4) is 0 Å². The maximum atomic E-state index is 13.8. The minimum atomic E-state index is -0.810. The van der Waals surface area contributed by atoms with Gasteiger partial charge in [-0.05, 0) is 31.4 Å². The highest BCUT2D eigenvalue weighted by Crippen LogP contribution is 2.33. The Bertz CT molecular complexity index is 866. The molecular weight excluding hydrogens is 415 g/mol. The van der Waals surface area contributed by atoms with Gasteiger partial charge in [0.1, 0.15) is 10.1 Å². The summed E-state index contributed by atoms with van der Waals surface area (Å²) >= 11 is 6.39. The van der Waals surface area contributed by atoms with E-state index in [1.54, 1.807) is 23.1 Å². The second kappa shape index (κ2) is 9.49. The average molecular weight is 437 g/mol. The number of carbonyl (C=O) groups excluding carboxylic acids is 2. The maximum absolute atomic E-state index is 13.8. The van der Waals surface area contributed by atoms with E-state index >= 15 is 0 Å². The number of carboxylic acid groups (broad SMARTS) is 1. The van der Waals surface area contributed by atoms with Crippen LogP contribution in [0.4, 0.5) is 4.39 Å². The van der Waals surface area contributed by atoms with Gasteiger partial charge < -0.3 is 10.0 Å². The first-order valence-electron chi connectivity index (χ1n) is 9.37. The smallest absolute Gasteiger partial charge is 0.306 e. The van der Waals surface area contributed by atoms with Gasteiger partial charge in [0.25, 0.3) is 5.91 Å². The van der Waals surface area contributed by atoms with Gasteiger partial charge in [-0.25, -0.2) is 4.39 Å². The van der Waals surface area contributed by atoms with Crippen molar-refractivity contribution in [1.82, 2.24) is 9.80 Å². The van der Waals surface area contributed by atoms with Gasteiger partial charge in [0.2, 0.25) is 5.91 Å². The molecule has 2 amide bonds. The number of carbonyl (C=O) groups is 3. The number of nitrogens with zero attached hydrogens (tertiary/aromatic N) is 2. The highest BCUT2D eigenvalue weighted by atomic mass is 32.2. The fraction of sp³-hybridized carbons (Fsp3) is 0.400. The van der Waals surface area contributed by atoms with Gasteiger partial charge in [-0.15, -0.1) is 0 Å². The van der Waals surface area contributed by atoms with Crippen LogP contribution in [0.2, 0.25) is 0 Å². The first kappa shape index (κ1) is 21.4. The lowest BCUT2D eigenvalue weighted by molar-refractivity contribution is -0.145. The van der Waals surface area contributed by atoms with E-state index in [-0.39, 0.29) is 24.2 Å². The van der Waals surface area contributed by atoms with Crippen LogP contribution < -0.4 is 0 Å². The second-order valence-corrected chi connectivity index (χ2v) is 8.63. The van der Waals surface area contributed by atoms with Crippen molar-refractivity contribution in [3.05, 3.63) is 40.6 Å². The lowest BCUT2D eigenvalue weighted by atomic mass is 9.97. The molecule has 1 aromatic rings. The van der Waals surface area contributed by atoms with E-state index in [4.69, 9.17) is 17.3 Å². The molecule has 0 spiro atoms. The SMILES string of the molecule is O=C(O)C1CCN(C(=O)CCCN2C(=O)C(=Cc3ccccc3F)SC2=S)CC1. The zero-order valence-electron chi connectivity index (χ0n) is 15.7. The zero-order valence-corrected chi connectivity index (χ0v) is 17.3. The standard InChI is InChI=1S/C20H21FN2O4S2/c21-15-5-2-1-4-14(15)12-16-18(25)23(20(28)29-16)9-3-6-17(24)22-10-7-13(8-11-22)19(26)27/h1-2,4-5,12-13H,3,6-11H2,(H,26,27). The molecule has 2 heterocycles. The van der Waals surface area contributed by atoms with Crippen LogP contribution in [0.1, 0.15) is 31.2 Å². The van der Waals surface area contributed by atoms with Crippen LogP contribution in [0.5, 0.6) is 0 Å². The first-order valence-corrected chi connectivity index (χ1v) is 10.6. The Morgan fingerprint density at radius 3 is 2.62 bits per heavy atom. The number of hydrogen-bond donors (Lipinski definition) is 1. The number of aliphatic carboxylic acids is 1. The summed E-state index contributed by atoms with van der Waals surface area (Å²) < 4.78 is 14.2. The van der Waals surface area contributed by atoms with E-state index in [9.17, 15) is 18.8 Å². The molecule has 0 unspecified atom stereocenters. The van der Waals surface area contributed by atoms with Crippen molar-refractivity contribution in [2.24, 2.45) is 5.92 Å². The number of thioether (sulfide) groups is 1. The van der Waals surface area contributed by atoms with Gasteiger partial charge in [-0.1, -0.05) is 42.2 Å². The number of likely N-dealkylation sites (tertiary alicyclic amines) is 1. The van der Waals surface area contributed by atoms with E-state index < -0.39 is 11.8 Å². The summed E-state index contributed by atoms with van der Waals surface area (Å²) in [6.45, 7) is 1.21. The molecule has 6 nitrogen and oxygen atoms in total. The molecule has 2 saturated heterocycles. The molecule has 0 saturated carbocycles. The number of thiocarbonyl (C=S) groups is 1. The van der Waals surface area contributed by atoms with Gasteiger partial charge in [0, 0.05) is 31.6 Å². The molecule has 154 valence electrons. The van der Waals surface area contributed by atoms with E-state index in [0.29, 0.717) is 53.7 Å². The lowest BCUT2D eigenvalue weighted by Crippen LogP contribution is -2.40. The summed E-state index contributed by atoms with van der Waals surface area (Å²) in [5.41, 5.74) is 0.327. The molecule has 9 heteroatoms. The third kappa shape index (κ3) is 5.22. The van der Waals surface area contributed by atoms with Crippen LogP contribution in [0.25, 0.3) is 6.08 Å². The van der Waals surface area contributed by atoms with Crippen LogP contribution in [0.15, 0.2) is 29.2 Å². The van der Waals surface area contributed by atoms with E-state index in [0.717, 1.165) is 11.8 Å². The fourth-order valence-electron chi connectivity index (χ4n) is 3.35. The van der Waals surface area contributed by atoms with Crippen LogP contribution >= 0.6 is 24.0 Å². The molecule has 0 radical (unpaired) electrons. The van der Waals surface area contributed by atoms with Crippen LogP contribution in [-0.2, 0) is 14.4 Å². The Hall–Kier alpha value is -2.26. The summed E-state index contributed by atoms with van der Waals surface area (Å²) in [7, 11) is 0. The van der Waals surface area contributed by atoms with Gasteiger partial charge in [0.05, 0.1) is 10.8 Å². The van der Waals surface area contributed by atoms with Crippen molar-refractivity contribution >= 4 is 52.2 Å². The van der Waals surface area contributed by atoms with E-state index in [2.05, 4.69) is 0 Å². The summed E-state index contributed by atoms with van der Waals surface area (Å²) in [4.78, 5) is 39.4. The Morgan fingerprint density at radius 2 is 1.97 bits per heavy atom. The van der Waals surface area contributed by atoms with Gasteiger partial charge in [-0.2, -0.15) is 0 Å². The molecule has 1 N–H and O–H groups in total. The summed E-state index contributed by atoms with van der Waals surface area (Å²) in [6.07, 6.45) is 3.15. The monoisotopic (exact) mass is 436 g/mol. The number of amides is 2. The zero-order chi connectivity index (χ0) is 21.0. The van der Waals surface area contributed by atoms with Crippen LogP contribution in [-0.4, -0.2) is 56.6 Å². The van der Waals surface area contributed by atoms with Crippen molar-refractivity contribution in [3.63, 3.8) is 0 Å². The Balaban J connectivity index is 1.50. The highest BCUT2D eigenvalue weighted by molar-refractivity contribution is 8.26. The fourth-order valence-corrected chi connectivity index (χ4v) is 4.65. The largest absolute Gasteiger partial charge is 0.481 e. The summed E-state index contributed by atoms with van der Waals surface area (Å²) in [6, 6.07) is 6.20. The lowest BCUT2D eigenvalue weighted by Gasteiger charge is -2.30. The second-order valence-electron chi connectivity index (χ2n) is 6.95. The molecule has 3 rings (SSSR count). The van der Waals surface area contributed by atoms with Crippen LogP contribution in [0.3, 0.4) is 0 Å². The van der Waals surface area contributed by atoms with Crippen LogP contribution in [0, 0.1) is 11.7 Å². The van der Waals surface area contributed by atoms with Crippen molar-refractivity contribution in [2.45, 2.75) is 25.7 Å². The first-order chi connectivity index (χ1) is 13.9. The Kier molecular flexibility index (Phi) is 7.02. The quantitative estimate of drug-likeness (QED) is 0.545.